The monoisotopic (exact) mass is 550 g/mol. The highest BCUT2D eigenvalue weighted by atomic mass is 16.7. The molecular formula is C25H26O14. The van der Waals surface area contributed by atoms with Crippen LogP contribution in [0.1, 0.15) is 0 Å². The number of aromatic hydroxyl groups is 3. The van der Waals surface area contributed by atoms with Gasteiger partial charge in [0.15, 0.2) is 23.5 Å². The molecule has 3 heterocycles. The first kappa shape index (κ1) is 27.1. The minimum Gasteiger partial charge on any atom is -0.507 e. The van der Waals surface area contributed by atoms with E-state index in [-0.39, 0.29) is 28.9 Å². The smallest absolute Gasteiger partial charge is 0.239 e. The molecule has 14 heteroatoms. The van der Waals surface area contributed by atoms with Crippen LogP contribution < -0.4 is 10.2 Å². The molecule has 210 valence electrons. The van der Waals surface area contributed by atoms with Crippen LogP contribution in [0.5, 0.6) is 23.0 Å². The molecule has 0 bridgehead atoms. The second kappa shape index (κ2) is 10.6. The lowest BCUT2D eigenvalue weighted by molar-refractivity contribution is -0.320. The van der Waals surface area contributed by atoms with Gasteiger partial charge in [-0.05, 0) is 30.3 Å². The minimum absolute atomic E-state index is 0.0214. The Balaban J connectivity index is 1.43. The van der Waals surface area contributed by atoms with Gasteiger partial charge in [-0.3, -0.25) is 4.79 Å². The Kier molecular flexibility index (Phi) is 7.37. The number of benzene rings is 2. The predicted molar refractivity (Wildman–Crippen MR) is 128 cm³/mol. The molecule has 8 atom stereocenters. The van der Waals surface area contributed by atoms with Crippen LogP contribution in [0.3, 0.4) is 0 Å². The van der Waals surface area contributed by atoms with Crippen molar-refractivity contribution in [3.63, 3.8) is 0 Å². The van der Waals surface area contributed by atoms with Gasteiger partial charge in [-0.25, -0.2) is 0 Å². The van der Waals surface area contributed by atoms with Gasteiger partial charge in [-0.1, -0.05) is 6.07 Å². The van der Waals surface area contributed by atoms with Crippen LogP contribution in [0.15, 0.2) is 45.6 Å². The zero-order chi connectivity index (χ0) is 28.0. The van der Waals surface area contributed by atoms with Crippen molar-refractivity contribution in [2.24, 2.45) is 0 Å². The molecule has 1 aromatic heterocycles. The second-order valence-electron chi connectivity index (χ2n) is 9.17. The summed E-state index contributed by atoms with van der Waals surface area (Å²) in [7, 11) is 0. The van der Waals surface area contributed by atoms with E-state index >= 15 is 0 Å². The first-order valence-electron chi connectivity index (χ1n) is 11.8. The van der Waals surface area contributed by atoms with E-state index in [9.17, 15) is 45.6 Å². The number of phenols is 3. The summed E-state index contributed by atoms with van der Waals surface area (Å²) < 4.78 is 27.6. The number of ether oxygens (including phenoxy) is 4. The molecule has 3 aromatic rings. The van der Waals surface area contributed by atoms with Gasteiger partial charge in [0.2, 0.25) is 17.5 Å². The molecule has 2 saturated heterocycles. The molecule has 8 N–H and O–H groups in total. The lowest BCUT2D eigenvalue weighted by Gasteiger charge is -2.41. The fourth-order valence-corrected chi connectivity index (χ4v) is 4.35. The van der Waals surface area contributed by atoms with Crippen LogP contribution in [0.25, 0.3) is 22.3 Å². The van der Waals surface area contributed by atoms with E-state index in [1.807, 2.05) is 0 Å². The van der Waals surface area contributed by atoms with E-state index in [0.717, 1.165) is 12.1 Å². The van der Waals surface area contributed by atoms with Crippen molar-refractivity contribution in [2.75, 3.05) is 13.2 Å². The topological polar surface area (TPSA) is 229 Å². The van der Waals surface area contributed by atoms with Crippen molar-refractivity contribution in [3.8, 4) is 34.3 Å². The Morgan fingerprint density at radius 1 is 0.769 bits per heavy atom. The molecule has 0 radical (unpaired) electrons. The quantitative estimate of drug-likeness (QED) is 0.176. The number of fused-ring (bicyclic) bond motifs is 1. The number of hydrogen-bond acceptors (Lipinski definition) is 14. The van der Waals surface area contributed by atoms with Crippen LogP contribution in [-0.2, 0) is 14.2 Å². The van der Waals surface area contributed by atoms with Crippen molar-refractivity contribution >= 4 is 11.0 Å². The maximum absolute atomic E-state index is 13.4. The first-order valence-corrected chi connectivity index (χ1v) is 11.8. The van der Waals surface area contributed by atoms with Crippen LogP contribution in [0.4, 0.5) is 0 Å². The molecule has 0 saturated carbocycles. The fourth-order valence-electron chi connectivity index (χ4n) is 4.35. The van der Waals surface area contributed by atoms with Crippen LogP contribution in [0.2, 0.25) is 0 Å². The molecule has 14 nitrogen and oxygen atoms in total. The molecular weight excluding hydrogens is 524 g/mol. The Hall–Kier alpha value is -3.47. The highest BCUT2D eigenvalue weighted by molar-refractivity contribution is 5.87. The molecule has 39 heavy (non-hydrogen) atoms. The molecule has 0 unspecified atom stereocenters. The lowest BCUT2D eigenvalue weighted by Crippen LogP contribution is -2.60. The minimum atomic E-state index is -1.82. The van der Waals surface area contributed by atoms with Gasteiger partial charge in [0.25, 0.3) is 0 Å². The molecule has 0 spiro atoms. The Morgan fingerprint density at radius 3 is 2.23 bits per heavy atom. The second-order valence-corrected chi connectivity index (χ2v) is 9.17. The average molecular weight is 550 g/mol. The van der Waals surface area contributed by atoms with E-state index in [4.69, 9.17) is 23.4 Å². The standard InChI is InChI=1S/C25H26O14/c26-10-5-4-9(6-12(10)28)22-23(19(32)16-11(27)2-1-3-14(16)37-22)39-25-21(34)18(31)15(8-36-25)38-24-20(33)17(30)13(29)7-35-24/h1-6,13,15,17-18,20-21,24-31,33-34H,7-8H2/t13-,15-,17-,18-,20+,21+,24-,25-/m0/s1. The maximum Gasteiger partial charge on any atom is 0.239 e. The van der Waals surface area contributed by atoms with Crippen molar-refractivity contribution in [1.82, 2.24) is 0 Å². The summed E-state index contributed by atoms with van der Waals surface area (Å²) in [5.41, 5.74) is -0.780. The normalized spacial score (nSPS) is 31.3. The highest BCUT2D eigenvalue weighted by Gasteiger charge is 2.46. The highest BCUT2D eigenvalue weighted by Crippen LogP contribution is 2.38. The van der Waals surface area contributed by atoms with Crippen molar-refractivity contribution < 1.29 is 64.2 Å². The van der Waals surface area contributed by atoms with Gasteiger partial charge in [0.05, 0.1) is 13.2 Å². The van der Waals surface area contributed by atoms with Crippen LogP contribution >= 0.6 is 0 Å². The van der Waals surface area contributed by atoms with Gasteiger partial charge in [-0.15, -0.1) is 0 Å². The summed E-state index contributed by atoms with van der Waals surface area (Å²) in [6.45, 7) is -0.769. The Morgan fingerprint density at radius 2 is 1.49 bits per heavy atom. The predicted octanol–water partition coefficient (Wildman–Crippen LogP) is -1.14. The van der Waals surface area contributed by atoms with E-state index in [1.54, 1.807) is 0 Å². The average Bonchev–Trinajstić information content (AvgIpc) is 2.91. The molecule has 5 rings (SSSR count). The maximum atomic E-state index is 13.4. The number of phenolic OH excluding ortho intramolecular Hbond substituents is 3. The fraction of sp³-hybridized carbons (Fsp3) is 0.400. The third-order valence-electron chi connectivity index (χ3n) is 6.52. The number of aliphatic hydroxyl groups is 5. The molecule has 2 fully saturated rings. The van der Waals surface area contributed by atoms with Crippen molar-refractivity contribution in [1.29, 1.82) is 0 Å². The number of hydrogen-bond donors (Lipinski definition) is 8. The Labute approximate surface area is 219 Å². The van der Waals surface area contributed by atoms with Gasteiger partial charge in [0, 0.05) is 5.56 Å². The summed E-state index contributed by atoms with van der Waals surface area (Å²) >= 11 is 0. The summed E-state index contributed by atoms with van der Waals surface area (Å²) in [5, 5.41) is 80.6. The summed E-state index contributed by atoms with van der Waals surface area (Å²) in [4.78, 5) is 13.4. The van der Waals surface area contributed by atoms with E-state index < -0.39 is 84.2 Å². The summed E-state index contributed by atoms with van der Waals surface area (Å²) in [6, 6.07) is 7.69. The summed E-state index contributed by atoms with van der Waals surface area (Å²) in [5.74, 6) is -2.14. The van der Waals surface area contributed by atoms with Gasteiger partial charge in [-0.2, -0.15) is 0 Å². The van der Waals surface area contributed by atoms with E-state index in [1.165, 1.54) is 24.3 Å². The zero-order valence-corrected chi connectivity index (χ0v) is 20.0. The molecule has 0 aliphatic carbocycles. The Bertz CT molecular complexity index is 1410. The molecule has 2 aromatic carbocycles. The van der Waals surface area contributed by atoms with Crippen molar-refractivity contribution in [3.05, 3.63) is 46.6 Å². The zero-order valence-electron chi connectivity index (χ0n) is 20.0. The van der Waals surface area contributed by atoms with E-state index in [2.05, 4.69) is 0 Å². The van der Waals surface area contributed by atoms with Gasteiger partial charge in [0.1, 0.15) is 53.3 Å². The van der Waals surface area contributed by atoms with E-state index in [0.29, 0.717) is 0 Å². The van der Waals surface area contributed by atoms with Crippen LogP contribution in [-0.4, -0.2) is 103 Å². The number of rotatable bonds is 5. The lowest BCUT2D eigenvalue weighted by atomic mass is 10.0. The SMILES string of the molecule is O=c1c(O[C@@H]2OC[C@H](O[C@@H]3OC[C@H](O)[C@H](O)[C@H]3O)[C@H](O)[C@H]2O)c(-c2ccc(O)c(O)c2)oc2cccc(O)c12. The van der Waals surface area contributed by atoms with Gasteiger partial charge >= 0.3 is 0 Å². The summed E-state index contributed by atoms with van der Waals surface area (Å²) in [6.07, 6.45) is -12.4. The third-order valence-corrected chi connectivity index (χ3v) is 6.52. The van der Waals surface area contributed by atoms with Crippen molar-refractivity contribution in [2.45, 2.75) is 49.2 Å². The number of aliphatic hydroxyl groups excluding tert-OH is 5. The molecule has 2 aliphatic rings. The largest absolute Gasteiger partial charge is 0.507 e. The third kappa shape index (κ3) is 4.99. The van der Waals surface area contributed by atoms with Gasteiger partial charge < -0.3 is 64.2 Å². The first-order chi connectivity index (χ1) is 18.6. The molecule has 0 amide bonds. The van der Waals surface area contributed by atoms with Crippen LogP contribution in [0, 0.1) is 0 Å². The molecule has 2 aliphatic heterocycles.